The molecule has 2 N–H and O–H groups in total. The van der Waals surface area contributed by atoms with E-state index in [1.807, 2.05) is 30.3 Å². The fourth-order valence-electron chi connectivity index (χ4n) is 3.94. The molecular weight excluding hydrogens is 272 g/mol. The van der Waals surface area contributed by atoms with Crippen LogP contribution in [-0.2, 0) is 10.2 Å². The Kier molecular flexibility index (Phi) is 4.96. The monoisotopic (exact) mass is 302 g/mol. The maximum Gasteiger partial charge on any atom is 0.228 e. The van der Waals surface area contributed by atoms with Crippen molar-refractivity contribution in [2.24, 2.45) is 11.7 Å². The Bertz CT molecular complexity index is 509. The average Bonchev–Trinajstić information content (AvgIpc) is 2.79. The van der Waals surface area contributed by atoms with Crippen LogP contribution in [-0.4, -0.2) is 29.4 Å². The molecule has 1 aromatic carbocycles. The first kappa shape index (κ1) is 17.0. The van der Waals surface area contributed by atoms with Gasteiger partial charge in [-0.3, -0.25) is 9.69 Å². The summed E-state index contributed by atoms with van der Waals surface area (Å²) >= 11 is 0. The molecule has 1 atom stereocenters. The van der Waals surface area contributed by atoms with E-state index < -0.39 is 5.41 Å². The normalized spacial score (nSPS) is 21.0. The Morgan fingerprint density at radius 3 is 2.41 bits per heavy atom. The minimum absolute atomic E-state index is 0.179. The van der Waals surface area contributed by atoms with Crippen molar-refractivity contribution < 1.29 is 4.79 Å². The number of rotatable bonds is 6. The number of carbonyl (C=O) groups excluding carboxylic acids is 1. The third kappa shape index (κ3) is 3.05. The van der Waals surface area contributed by atoms with E-state index in [9.17, 15) is 4.79 Å². The Balaban J connectivity index is 2.28. The highest BCUT2D eigenvalue weighted by molar-refractivity contribution is 5.87. The summed E-state index contributed by atoms with van der Waals surface area (Å²) in [6.07, 6.45) is 3.25. The van der Waals surface area contributed by atoms with Gasteiger partial charge >= 0.3 is 0 Å². The highest BCUT2D eigenvalue weighted by Gasteiger charge is 2.43. The average molecular weight is 302 g/mol. The lowest BCUT2D eigenvalue weighted by molar-refractivity contribution is -0.125. The molecule has 0 spiro atoms. The molecule has 1 aliphatic heterocycles. The van der Waals surface area contributed by atoms with E-state index in [0.717, 1.165) is 25.1 Å². The molecule has 0 aliphatic carbocycles. The zero-order chi connectivity index (χ0) is 16.4. The zero-order valence-corrected chi connectivity index (χ0v) is 14.4. The second-order valence-electron chi connectivity index (χ2n) is 7.51. The van der Waals surface area contributed by atoms with Crippen molar-refractivity contribution in [1.82, 2.24) is 4.90 Å². The third-order valence-electron chi connectivity index (χ3n) is 5.56. The van der Waals surface area contributed by atoms with Crippen molar-refractivity contribution in [3.05, 3.63) is 35.9 Å². The number of carbonyl (C=O) groups is 1. The molecule has 1 aliphatic rings. The van der Waals surface area contributed by atoms with E-state index in [-0.39, 0.29) is 17.4 Å². The SMILES string of the molecule is CC(C)[C@@](CCN1CCCC1(C)C)(C(N)=O)c1ccccc1. The zero-order valence-electron chi connectivity index (χ0n) is 14.4. The number of amides is 1. The van der Waals surface area contributed by atoms with Crippen molar-refractivity contribution >= 4 is 5.91 Å². The lowest BCUT2D eigenvalue weighted by Gasteiger charge is -2.39. The van der Waals surface area contributed by atoms with Crippen LogP contribution in [0.15, 0.2) is 30.3 Å². The number of nitrogens with zero attached hydrogens (tertiary/aromatic N) is 1. The fourth-order valence-corrected chi connectivity index (χ4v) is 3.94. The predicted molar refractivity (Wildman–Crippen MR) is 91.7 cm³/mol. The Labute approximate surface area is 134 Å². The standard InChI is InChI=1S/C19H30N2O/c1-15(2)19(17(20)22,16-9-6-5-7-10-16)12-14-21-13-8-11-18(21,3)4/h5-7,9-10,15H,8,11-14H2,1-4H3,(H2,20,22)/t19-/m1/s1. The van der Waals surface area contributed by atoms with Gasteiger partial charge in [0, 0.05) is 12.1 Å². The van der Waals surface area contributed by atoms with Gasteiger partial charge in [0.1, 0.15) is 0 Å². The molecular formula is C19H30N2O. The van der Waals surface area contributed by atoms with Gasteiger partial charge in [0.05, 0.1) is 5.41 Å². The molecule has 1 saturated heterocycles. The molecule has 3 heteroatoms. The maximum absolute atomic E-state index is 12.4. The summed E-state index contributed by atoms with van der Waals surface area (Å²) in [5, 5.41) is 0. The van der Waals surface area contributed by atoms with Gasteiger partial charge in [0.2, 0.25) is 5.91 Å². The molecule has 2 rings (SSSR count). The minimum atomic E-state index is -0.583. The van der Waals surface area contributed by atoms with E-state index in [2.05, 4.69) is 32.6 Å². The summed E-state index contributed by atoms with van der Waals surface area (Å²) < 4.78 is 0. The van der Waals surface area contributed by atoms with Gasteiger partial charge in [0.15, 0.2) is 0 Å². The first-order valence-corrected chi connectivity index (χ1v) is 8.41. The van der Waals surface area contributed by atoms with Gasteiger partial charge in [0.25, 0.3) is 0 Å². The molecule has 1 fully saturated rings. The molecule has 1 aromatic rings. The van der Waals surface area contributed by atoms with Crippen LogP contribution in [0, 0.1) is 5.92 Å². The van der Waals surface area contributed by atoms with Crippen LogP contribution in [0.25, 0.3) is 0 Å². The quantitative estimate of drug-likeness (QED) is 0.876. The van der Waals surface area contributed by atoms with Crippen molar-refractivity contribution in [1.29, 1.82) is 0 Å². The molecule has 0 aromatic heterocycles. The minimum Gasteiger partial charge on any atom is -0.369 e. The second kappa shape index (κ2) is 6.41. The van der Waals surface area contributed by atoms with Gasteiger partial charge in [-0.25, -0.2) is 0 Å². The molecule has 3 nitrogen and oxygen atoms in total. The lowest BCUT2D eigenvalue weighted by atomic mass is 9.68. The molecule has 1 amide bonds. The van der Waals surface area contributed by atoms with Crippen LogP contribution in [0.1, 0.15) is 52.5 Å². The van der Waals surface area contributed by atoms with Crippen molar-refractivity contribution in [2.45, 2.75) is 57.9 Å². The summed E-state index contributed by atoms with van der Waals surface area (Å²) in [5.74, 6) is -0.0242. The van der Waals surface area contributed by atoms with Gasteiger partial charge < -0.3 is 5.73 Å². The largest absolute Gasteiger partial charge is 0.369 e. The fraction of sp³-hybridized carbons (Fsp3) is 0.632. The summed E-state index contributed by atoms with van der Waals surface area (Å²) in [6, 6.07) is 10.1. The number of hydrogen-bond acceptors (Lipinski definition) is 2. The van der Waals surface area contributed by atoms with E-state index in [1.165, 1.54) is 12.8 Å². The number of hydrogen-bond donors (Lipinski definition) is 1. The molecule has 22 heavy (non-hydrogen) atoms. The van der Waals surface area contributed by atoms with Gasteiger partial charge in [-0.15, -0.1) is 0 Å². The topological polar surface area (TPSA) is 46.3 Å². The first-order chi connectivity index (χ1) is 10.3. The van der Waals surface area contributed by atoms with Crippen LogP contribution in [0.5, 0.6) is 0 Å². The van der Waals surface area contributed by atoms with E-state index in [0.29, 0.717) is 0 Å². The number of nitrogens with two attached hydrogens (primary N) is 1. The van der Waals surface area contributed by atoms with Gasteiger partial charge in [-0.05, 0) is 51.1 Å². The molecule has 122 valence electrons. The van der Waals surface area contributed by atoms with Crippen molar-refractivity contribution in [2.75, 3.05) is 13.1 Å². The third-order valence-corrected chi connectivity index (χ3v) is 5.56. The molecule has 0 radical (unpaired) electrons. The van der Waals surface area contributed by atoms with Crippen LogP contribution in [0.2, 0.25) is 0 Å². The van der Waals surface area contributed by atoms with E-state index in [4.69, 9.17) is 5.73 Å². The molecule has 1 heterocycles. The van der Waals surface area contributed by atoms with Crippen molar-refractivity contribution in [3.8, 4) is 0 Å². The summed E-state index contributed by atoms with van der Waals surface area (Å²) in [4.78, 5) is 14.9. The number of primary amides is 1. The molecule has 0 saturated carbocycles. The first-order valence-electron chi connectivity index (χ1n) is 8.41. The van der Waals surface area contributed by atoms with Crippen LogP contribution >= 0.6 is 0 Å². The number of likely N-dealkylation sites (tertiary alicyclic amines) is 1. The van der Waals surface area contributed by atoms with Crippen LogP contribution in [0.4, 0.5) is 0 Å². The highest BCUT2D eigenvalue weighted by atomic mass is 16.1. The van der Waals surface area contributed by atoms with Crippen LogP contribution in [0.3, 0.4) is 0 Å². The number of benzene rings is 1. The van der Waals surface area contributed by atoms with Crippen molar-refractivity contribution in [3.63, 3.8) is 0 Å². The molecule has 0 bridgehead atoms. The predicted octanol–water partition coefficient (Wildman–Crippen LogP) is 3.33. The van der Waals surface area contributed by atoms with Gasteiger partial charge in [-0.1, -0.05) is 44.2 Å². The Morgan fingerprint density at radius 2 is 1.95 bits per heavy atom. The summed E-state index contributed by atoms with van der Waals surface area (Å²) in [6.45, 7) is 10.8. The highest BCUT2D eigenvalue weighted by Crippen LogP contribution is 2.38. The van der Waals surface area contributed by atoms with Crippen LogP contribution < -0.4 is 5.73 Å². The molecule has 0 unspecified atom stereocenters. The van der Waals surface area contributed by atoms with E-state index in [1.54, 1.807) is 0 Å². The second-order valence-corrected chi connectivity index (χ2v) is 7.51. The Morgan fingerprint density at radius 1 is 1.32 bits per heavy atom. The van der Waals surface area contributed by atoms with E-state index >= 15 is 0 Å². The maximum atomic E-state index is 12.4. The lowest BCUT2D eigenvalue weighted by Crippen LogP contribution is -2.49. The summed E-state index contributed by atoms with van der Waals surface area (Å²) in [5.41, 5.74) is 6.60. The van der Waals surface area contributed by atoms with Gasteiger partial charge in [-0.2, -0.15) is 0 Å². The Hall–Kier alpha value is -1.35. The summed E-state index contributed by atoms with van der Waals surface area (Å²) in [7, 11) is 0. The smallest absolute Gasteiger partial charge is 0.228 e.